The van der Waals surface area contributed by atoms with E-state index >= 15 is 0 Å². The maximum absolute atomic E-state index is 13.5. The van der Waals surface area contributed by atoms with Crippen molar-refractivity contribution >= 4 is 5.78 Å². The first-order valence-electron chi connectivity index (χ1n) is 5.40. The molecule has 0 aliphatic carbocycles. The molecule has 0 unspecified atom stereocenters. The van der Waals surface area contributed by atoms with E-state index in [-0.39, 0.29) is 17.9 Å². The Morgan fingerprint density at radius 1 is 1.00 bits per heavy atom. The number of carbonyl (C=O) groups excluding carboxylic acids is 1. The van der Waals surface area contributed by atoms with E-state index in [0.29, 0.717) is 11.1 Å². The molecule has 0 aliphatic heterocycles. The van der Waals surface area contributed by atoms with Gasteiger partial charge < -0.3 is 5.73 Å². The largest absolute Gasteiger partial charge is 0.324 e. The highest BCUT2D eigenvalue weighted by Gasteiger charge is 2.11. The fourth-order valence-electron chi connectivity index (χ4n) is 1.67. The number of rotatable bonds is 3. The number of hydrogen-bond acceptors (Lipinski definition) is 2. The molecule has 0 aliphatic rings. The highest BCUT2D eigenvalue weighted by atomic mass is 19.1. The van der Waals surface area contributed by atoms with Crippen LogP contribution in [0.4, 0.5) is 8.78 Å². The third kappa shape index (κ3) is 2.43. The van der Waals surface area contributed by atoms with Crippen molar-refractivity contribution in [2.24, 2.45) is 5.73 Å². The number of hydrogen-bond donors (Lipinski definition) is 1. The third-order valence-corrected chi connectivity index (χ3v) is 2.63. The molecule has 0 bridgehead atoms. The van der Waals surface area contributed by atoms with E-state index < -0.39 is 11.6 Å². The van der Waals surface area contributed by atoms with Crippen LogP contribution >= 0.6 is 0 Å². The second kappa shape index (κ2) is 5.06. The van der Waals surface area contributed by atoms with Crippen LogP contribution in [0.15, 0.2) is 42.5 Å². The topological polar surface area (TPSA) is 43.1 Å². The van der Waals surface area contributed by atoms with E-state index in [0.717, 1.165) is 0 Å². The minimum Gasteiger partial charge on any atom is -0.324 e. The zero-order valence-corrected chi connectivity index (χ0v) is 9.49. The molecule has 0 spiro atoms. The Morgan fingerprint density at radius 3 is 2.22 bits per heavy atom. The lowest BCUT2D eigenvalue weighted by Crippen LogP contribution is -2.15. The van der Waals surface area contributed by atoms with Crippen LogP contribution in [-0.2, 0) is 0 Å². The van der Waals surface area contributed by atoms with Gasteiger partial charge in [0.05, 0.1) is 12.1 Å². The van der Waals surface area contributed by atoms with Gasteiger partial charge in [0, 0.05) is 0 Å². The SMILES string of the molecule is NCC(=O)c1cc(-c2ccc(F)cc2)ccc1F. The minimum atomic E-state index is -0.601. The number of ketones is 1. The Hall–Kier alpha value is -2.07. The van der Waals surface area contributed by atoms with Gasteiger partial charge >= 0.3 is 0 Å². The molecule has 4 heteroatoms. The van der Waals surface area contributed by atoms with Crippen molar-refractivity contribution in [1.29, 1.82) is 0 Å². The van der Waals surface area contributed by atoms with Crippen molar-refractivity contribution in [3.05, 3.63) is 59.7 Å². The Kier molecular flexibility index (Phi) is 3.48. The lowest BCUT2D eigenvalue weighted by Gasteiger charge is -2.05. The molecule has 0 aromatic heterocycles. The molecular formula is C14H11F2NO. The number of carbonyl (C=O) groups is 1. The van der Waals surface area contributed by atoms with Gasteiger partial charge in [-0.2, -0.15) is 0 Å². The Bertz CT molecular complexity index is 579. The highest BCUT2D eigenvalue weighted by molar-refractivity contribution is 5.98. The van der Waals surface area contributed by atoms with Gasteiger partial charge in [0.2, 0.25) is 0 Å². The van der Waals surface area contributed by atoms with Crippen LogP contribution in [0, 0.1) is 11.6 Å². The summed E-state index contributed by atoms with van der Waals surface area (Å²) in [6, 6.07) is 9.93. The van der Waals surface area contributed by atoms with Crippen molar-refractivity contribution in [2.75, 3.05) is 6.54 Å². The van der Waals surface area contributed by atoms with E-state index in [1.807, 2.05) is 0 Å². The lowest BCUT2D eigenvalue weighted by molar-refractivity contribution is 0.0997. The van der Waals surface area contributed by atoms with Crippen LogP contribution < -0.4 is 5.73 Å². The maximum atomic E-state index is 13.5. The van der Waals surface area contributed by atoms with Crippen molar-refractivity contribution in [3.8, 4) is 11.1 Å². The number of Topliss-reactive ketones (excluding diaryl/α,β-unsaturated/α-hetero) is 1. The molecule has 92 valence electrons. The smallest absolute Gasteiger partial charge is 0.179 e. The molecule has 0 saturated heterocycles. The van der Waals surface area contributed by atoms with E-state index in [1.165, 1.54) is 30.3 Å². The average molecular weight is 247 g/mol. The summed E-state index contributed by atoms with van der Waals surface area (Å²) in [7, 11) is 0. The second-order valence-corrected chi connectivity index (χ2v) is 3.83. The van der Waals surface area contributed by atoms with Crippen molar-refractivity contribution in [2.45, 2.75) is 0 Å². The minimum absolute atomic E-state index is 0.0423. The standard InChI is InChI=1S/C14H11F2NO/c15-11-4-1-9(2-5-11)10-3-6-13(16)12(7-10)14(18)8-17/h1-7H,8,17H2. The summed E-state index contributed by atoms with van der Waals surface area (Å²) in [6.45, 7) is -0.246. The van der Waals surface area contributed by atoms with Crippen LogP contribution in [0.5, 0.6) is 0 Å². The molecule has 2 N–H and O–H groups in total. The fourth-order valence-corrected chi connectivity index (χ4v) is 1.67. The van der Waals surface area contributed by atoms with Crippen LogP contribution in [0.3, 0.4) is 0 Å². The average Bonchev–Trinajstić information content (AvgIpc) is 2.39. The molecule has 18 heavy (non-hydrogen) atoms. The first-order chi connectivity index (χ1) is 8.61. The highest BCUT2D eigenvalue weighted by Crippen LogP contribution is 2.22. The summed E-state index contributed by atoms with van der Waals surface area (Å²) in [6.07, 6.45) is 0. The van der Waals surface area contributed by atoms with Crippen LogP contribution in [0.25, 0.3) is 11.1 Å². The summed E-state index contributed by atoms with van der Waals surface area (Å²) >= 11 is 0. The van der Waals surface area contributed by atoms with E-state index in [2.05, 4.69) is 0 Å². The van der Waals surface area contributed by atoms with Crippen LogP contribution in [-0.4, -0.2) is 12.3 Å². The van der Waals surface area contributed by atoms with Crippen molar-refractivity contribution in [1.82, 2.24) is 0 Å². The molecule has 2 nitrogen and oxygen atoms in total. The van der Waals surface area contributed by atoms with Crippen LogP contribution in [0.2, 0.25) is 0 Å². The van der Waals surface area contributed by atoms with Gasteiger partial charge in [-0.15, -0.1) is 0 Å². The first-order valence-corrected chi connectivity index (χ1v) is 5.40. The predicted octanol–water partition coefficient (Wildman–Crippen LogP) is 2.77. The van der Waals surface area contributed by atoms with Gasteiger partial charge in [-0.05, 0) is 35.4 Å². The van der Waals surface area contributed by atoms with Crippen molar-refractivity contribution < 1.29 is 13.6 Å². The second-order valence-electron chi connectivity index (χ2n) is 3.83. The summed E-state index contributed by atoms with van der Waals surface area (Å²) in [5, 5.41) is 0. The molecule has 0 heterocycles. The Morgan fingerprint density at radius 2 is 1.61 bits per heavy atom. The lowest BCUT2D eigenvalue weighted by atomic mass is 10.0. The number of nitrogens with two attached hydrogens (primary N) is 1. The molecule has 0 atom stereocenters. The van der Waals surface area contributed by atoms with E-state index in [9.17, 15) is 13.6 Å². The van der Waals surface area contributed by atoms with Gasteiger partial charge in [-0.1, -0.05) is 18.2 Å². The molecule has 2 aromatic rings. The zero-order valence-electron chi connectivity index (χ0n) is 9.49. The quantitative estimate of drug-likeness (QED) is 0.847. The normalized spacial score (nSPS) is 10.4. The van der Waals surface area contributed by atoms with Gasteiger partial charge in [-0.3, -0.25) is 4.79 Å². The maximum Gasteiger partial charge on any atom is 0.179 e. The van der Waals surface area contributed by atoms with Gasteiger partial charge in [0.25, 0.3) is 0 Å². The molecule has 0 fully saturated rings. The fraction of sp³-hybridized carbons (Fsp3) is 0.0714. The first kappa shape index (κ1) is 12.4. The monoisotopic (exact) mass is 247 g/mol. The van der Waals surface area contributed by atoms with E-state index in [1.54, 1.807) is 12.1 Å². The summed E-state index contributed by atoms with van der Waals surface area (Å²) in [5.41, 5.74) is 6.53. The summed E-state index contributed by atoms with van der Waals surface area (Å²) < 4.78 is 26.2. The van der Waals surface area contributed by atoms with Crippen molar-refractivity contribution in [3.63, 3.8) is 0 Å². The molecule has 0 radical (unpaired) electrons. The number of benzene rings is 2. The Labute approximate surface area is 103 Å². The molecular weight excluding hydrogens is 236 g/mol. The molecule has 2 aromatic carbocycles. The summed E-state index contributed by atoms with van der Waals surface area (Å²) in [5.74, 6) is -1.41. The molecule has 0 amide bonds. The number of halogens is 2. The summed E-state index contributed by atoms with van der Waals surface area (Å²) in [4.78, 5) is 11.4. The van der Waals surface area contributed by atoms with Crippen LogP contribution in [0.1, 0.15) is 10.4 Å². The van der Waals surface area contributed by atoms with Gasteiger partial charge in [0.15, 0.2) is 5.78 Å². The van der Waals surface area contributed by atoms with Gasteiger partial charge in [0.1, 0.15) is 11.6 Å². The third-order valence-electron chi connectivity index (χ3n) is 2.63. The Balaban J connectivity index is 2.46. The zero-order chi connectivity index (χ0) is 13.1. The molecule has 0 saturated carbocycles. The van der Waals surface area contributed by atoms with Gasteiger partial charge in [-0.25, -0.2) is 8.78 Å². The predicted molar refractivity (Wildman–Crippen MR) is 65.2 cm³/mol. The molecule has 2 rings (SSSR count). The van der Waals surface area contributed by atoms with E-state index in [4.69, 9.17) is 5.73 Å².